The zero-order chi connectivity index (χ0) is 18.7. The standard InChI is InChI=1S/C22H29N3O/c1-5-19-8-6-7-18(4)21(19)23-22(26)25-13-11-24(12-14-25)20-15-16(2)9-10-17(20)3/h6-10,15H,5,11-14H2,1-4H3,(H,23,26). The number of amides is 2. The molecule has 0 atom stereocenters. The number of anilines is 2. The molecule has 4 nitrogen and oxygen atoms in total. The van der Waals surface area contributed by atoms with Crippen molar-refractivity contribution in [3.05, 3.63) is 58.7 Å². The number of carbonyl (C=O) groups excluding carboxylic acids is 1. The number of aryl methyl sites for hydroxylation is 4. The number of piperazine rings is 1. The van der Waals surface area contributed by atoms with Crippen molar-refractivity contribution in [2.75, 3.05) is 36.4 Å². The first-order valence-corrected chi connectivity index (χ1v) is 9.46. The molecule has 4 heteroatoms. The number of hydrogen-bond acceptors (Lipinski definition) is 2. The van der Waals surface area contributed by atoms with Gasteiger partial charge in [0.05, 0.1) is 0 Å². The maximum atomic E-state index is 12.7. The third-order valence-corrected chi connectivity index (χ3v) is 5.24. The number of urea groups is 1. The van der Waals surface area contributed by atoms with E-state index in [4.69, 9.17) is 0 Å². The molecule has 3 rings (SSSR count). The van der Waals surface area contributed by atoms with Crippen LogP contribution in [0.2, 0.25) is 0 Å². The third-order valence-electron chi connectivity index (χ3n) is 5.24. The van der Waals surface area contributed by atoms with Crippen molar-refractivity contribution in [3.63, 3.8) is 0 Å². The zero-order valence-corrected chi connectivity index (χ0v) is 16.3. The predicted molar refractivity (Wildman–Crippen MR) is 109 cm³/mol. The van der Waals surface area contributed by atoms with Crippen LogP contribution in [0.5, 0.6) is 0 Å². The second-order valence-electron chi connectivity index (χ2n) is 7.16. The van der Waals surface area contributed by atoms with Crippen molar-refractivity contribution >= 4 is 17.4 Å². The van der Waals surface area contributed by atoms with Crippen LogP contribution < -0.4 is 10.2 Å². The van der Waals surface area contributed by atoms with Crippen molar-refractivity contribution in [2.24, 2.45) is 0 Å². The number of benzene rings is 2. The summed E-state index contributed by atoms with van der Waals surface area (Å²) < 4.78 is 0. The van der Waals surface area contributed by atoms with E-state index in [9.17, 15) is 4.79 Å². The molecule has 1 saturated heterocycles. The fourth-order valence-corrected chi connectivity index (χ4v) is 3.60. The minimum atomic E-state index is 0.00890. The third kappa shape index (κ3) is 3.85. The van der Waals surface area contributed by atoms with E-state index in [1.165, 1.54) is 22.4 Å². The first-order chi connectivity index (χ1) is 12.5. The van der Waals surface area contributed by atoms with E-state index in [0.29, 0.717) is 0 Å². The van der Waals surface area contributed by atoms with Gasteiger partial charge in [0.1, 0.15) is 0 Å². The lowest BCUT2D eigenvalue weighted by Crippen LogP contribution is -2.50. The van der Waals surface area contributed by atoms with E-state index in [-0.39, 0.29) is 6.03 Å². The Bertz CT molecular complexity index is 792. The van der Waals surface area contributed by atoms with E-state index in [0.717, 1.165) is 43.9 Å². The Balaban J connectivity index is 1.65. The summed E-state index contributed by atoms with van der Waals surface area (Å²) in [4.78, 5) is 17.1. The Morgan fingerprint density at radius 2 is 1.73 bits per heavy atom. The number of nitrogens with zero attached hydrogens (tertiary/aromatic N) is 2. The van der Waals surface area contributed by atoms with Gasteiger partial charge in [-0.2, -0.15) is 0 Å². The Kier molecular flexibility index (Phi) is 5.50. The molecule has 138 valence electrons. The minimum absolute atomic E-state index is 0.00890. The van der Waals surface area contributed by atoms with E-state index in [1.54, 1.807) is 0 Å². The molecule has 1 aliphatic heterocycles. The molecule has 26 heavy (non-hydrogen) atoms. The molecular formula is C22H29N3O. The normalized spacial score (nSPS) is 14.5. The Hall–Kier alpha value is -2.49. The average Bonchev–Trinajstić information content (AvgIpc) is 2.65. The second kappa shape index (κ2) is 7.81. The lowest BCUT2D eigenvalue weighted by atomic mass is 10.1. The van der Waals surface area contributed by atoms with E-state index < -0.39 is 0 Å². The van der Waals surface area contributed by atoms with E-state index >= 15 is 0 Å². The topological polar surface area (TPSA) is 35.6 Å². The van der Waals surface area contributed by atoms with Gasteiger partial charge in [-0.3, -0.25) is 0 Å². The van der Waals surface area contributed by atoms with Gasteiger partial charge >= 0.3 is 6.03 Å². The van der Waals surface area contributed by atoms with Crippen LogP contribution in [0.25, 0.3) is 0 Å². The van der Waals surface area contributed by atoms with E-state index in [1.807, 2.05) is 24.0 Å². The van der Waals surface area contributed by atoms with Gasteiger partial charge in [0.15, 0.2) is 0 Å². The van der Waals surface area contributed by atoms with Crippen LogP contribution in [0.15, 0.2) is 36.4 Å². The number of nitrogens with one attached hydrogen (secondary N) is 1. The summed E-state index contributed by atoms with van der Waals surface area (Å²) in [6.07, 6.45) is 0.914. The van der Waals surface area contributed by atoms with Gasteiger partial charge in [0.25, 0.3) is 0 Å². The van der Waals surface area contributed by atoms with Gasteiger partial charge in [-0.25, -0.2) is 4.79 Å². The predicted octanol–water partition coefficient (Wildman–Crippen LogP) is 4.53. The lowest BCUT2D eigenvalue weighted by Gasteiger charge is -2.37. The molecule has 2 amide bonds. The molecule has 0 aromatic heterocycles. The first-order valence-electron chi connectivity index (χ1n) is 9.46. The summed E-state index contributed by atoms with van der Waals surface area (Å²) in [6.45, 7) is 11.7. The molecule has 0 radical (unpaired) electrons. The summed E-state index contributed by atoms with van der Waals surface area (Å²) in [7, 11) is 0. The Labute approximate surface area is 156 Å². The highest BCUT2D eigenvalue weighted by molar-refractivity contribution is 5.91. The lowest BCUT2D eigenvalue weighted by molar-refractivity contribution is 0.208. The SMILES string of the molecule is CCc1cccc(C)c1NC(=O)N1CCN(c2cc(C)ccc2C)CC1. The Morgan fingerprint density at radius 3 is 2.42 bits per heavy atom. The summed E-state index contributed by atoms with van der Waals surface area (Å²) in [5.74, 6) is 0. The molecule has 0 unspecified atom stereocenters. The van der Waals surface area contributed by atoms with Gasteiger partial charge in [0.2, 0.25) is 0 Å². The minimum Gasteiger partial charge on any atom is -0.368 e. The van der Waals surface area contributed by atoms with Crippen molar-refractivity contribution in [1.29, 1.82) is 0 Å². The molecule has 1 N–H and O–H groups in total. The smallest absolute Gasteiger partial charge is 0.321 e. The summed E-state index contributed by atoms with van der Waals surface area (Å²) in [5, 5.41) is 3.14. The maximum Gasteiger partial charge on any atom is 0.321 e. The summed E-state index contributed by atoms with van der Waals surface area (Å²) >= 11 is 0. The van der Waals surface area contributed by atoms with Crippen LogP contribution in [-0.2, 0) is 6.42 Å². The van der Waals surface area contributed by atoms with Gasteiger partial charge in [-0.05, 0) is 55.5 Å². The molecular weight excluding hydrogens is 322 g/mol. The second-order valence-corrected chi connectivity index (χ2v) is 7.16. The van der Waals surface area contributed by atoms with Gasteiger partial charge in [-0.1, -0.05) is 37.3 Å². The van der Waals surface area contributed by atoms with Gasteiger partial charge < -0.3 is 15.1 Å². The molecule has 0 spiro atoms. The van der Waals surface area contributed by atoms with Crippen LogP contribution in [0, 0.1) is 20.8 Å². The molecule has 2 aromatic rings. The summed E-state index contributed by atoms with van der Waals surface area (Å²) in [6, 6.07) is 12.8. The highest BCUT2D eigenvalue weighted by atomic mass is 16.2. The van der Waals surface area contributed by atoms with Crippen molar-refractivity contribution in [1.82, 2.24) is 4.90 Å². The molecule has 0 saturated carbocycles. The number of para-hydroxylation sites is 1. The highest BCUT2D eigenvalue weighted by Crippen LogP contribution is 2.24. The van der Waals surface area contributed by atoms with Crippen molar-refractivity contribution < 1.29 is 4.79 Å². The van der Waals surface area contributed by atoms with Crippen LogP contribution in [0.1, 0.15) is 29.2 Å². The van der Waals surface area contributed by atoms with Crippen LogP contribution in [-0.4, -0.2) is 37.1 Å². The molecule has 1 aliphatic rings. The zero-order valence-electron chi connectivity index (χ0n) is 16.3. The quantitative estimate of drug-likeness (QED) is 0.882. The largest absolute Gasteiger partial charge is 0.368 e. The number of hydrogen-bond donors (Lipinski definition) is 1. The fraction of sp³-hybridized carbons (Fsp3) is 0.409. The van der Waals surface area contributed by atoms with Crippen LogP contribution in [0.3, 0.4) is 0 Å². The average molecular weight is 351 g/mol. The monoisotopic (exact) mass is 351 g/mol. The number of carbonyl (C=O) groups is 1. The fourth-order valence-electron chi connectivity index (χ4n) is 3.60. The molecule has 1 fully saturated rings. The highest BCUT2D eigenvalue weighted by Gasteiger charge is 2.23. The summed E-state index contributed by atoms with van der Waals surface area (Å²) in [5.41, 5.74) is 7.13. The van der Waals surface area contributed by atoms with Crippen molar-refractivity contribution in [2.45, 2.75) is 34.1 Å². The molecule has 1 heterocycles. The number of rotatable bonds is 3. The van der Waals surface area contributed by atoms with Crippen LogP contribution in [0.4, 0.5) is 16.2 Å². The van der Waals surface area contributed by atoms with Crippen molar-refractivity contribution in [3.8, 4) is 0 Å². The Morgan fingerprint density at radius 1 is 1.00 bits per heavy atom. The van der Waals surface area contributed by atoms with Gasteiger partial charge in [0, 0.05) is 37.6 Å². The molecule has 2 aromatic carbocycles. The molecule has 0 aliphatic carbocycles. The molecule has 0 bridgehead atoms. The first kappa shape index (κ1) is 18.3. The van der Waals surface area contributed by atoms with Crippen LogP contribution >= 0.6 is 0 Å². The van der Waals surface area contributed by atoms with Gasteiger partial charge in [-0.15, -0.1) is 0 Å². The maximum absolute atomic E-state index is 12.7. The van der Waals surface area contributed by atoms with E-state index in [2.05, 4.69) is 55.3 Å².